The van der Waals surface area contributed by atoms with Crippen LogP contribution in [0.2, 0.25) is 5.28 Å². The maximum absolute atomic E-state index is 5.93. The van der Waals surface area contributed by atoms with Gasteiger partial charge in [-0.2, -0.15) is 15.0 Å². The lowest BCUT2D eigenvalue weighted by molar-refractivity contribution is 0.222. The first-order valence-corrected chi connectivity index (χ1v) is 7.86. The quantitative estimate of drug-likeness (QED) is 0.915. The third-order valence-corrected chi connectivity index (χ3v) is 3.54. The Bertz CT molecular complexity index is 420. The minimum absolute atomic E-state index is 0.0164. The van der Waals surface area contributed by atoms with Gasteiger partial charge in [-0.25, -0.2) is 0 Å². The fraction of sp³-hybridized carbons (Fsp3) is 0.786. The van der Waals surface area contributed by atoms with Gasteiger partial charge in [0.2, 0.25) is 11.2 Å². The van der Waals surface area contributed by atoms with Crippen LogP contribution in [0.5, 0.6) is 6.01 Å². The van der Waals surface area contributed by atoms with Crippen molar-refractivity contribution in [3.63, 3.8) is 0 Å². The third-order valence-electron chi connectivity index (χ3n) is 3.37. The van der Waals surface area contributed by atoms with Gasteiger partial charge < -0.3 is 10.1 Å². The molecule has 20 heavy (non-hydrogen) atoms. The van der Waals surface area contributed by atoms with Crippen molar-refractivity contribution < 1.29 is 4.74 Å². The summed E-state index contributed by atoms with van der Waals surface area (Å²) in [5, 5.41) is 3.55. The van der Waals surface area contributed by atoms with Gasteiger partial charge in [0.05, 0.1) is 6.10 Å². The molecule has 0 aliphatic heterocycles. The van der Waals surface area contributed by atoms with Gasteiger partial charge in [0.1, 0.15) is 0 Å². The van der Waals surface area contributed by atoms with Crippen molar-refractivity contribution in [3.8, 4) is 6.01 Å². The Morgan fingerprint density at radius 1 is 1.05 bits per heavy atom. The molecule has 1 aliphatic rings. The summed E-state index contributed by atoms with van der Waals surface area (Å²) in [5.41, 5.74) is 0. The van der Waals surface area contributed by atoms with Gasteiger partial charge in [-0.1, -0.05) is 32.1 Å². The molecule has 0 aromatic carbocycles. The number of hydrogen-bond donors (Lipinski definition) is 1. The van der Waals surface area contributed by atoms with Crippen molar-refractivity contribution in [1.82, 2.24) is 15.0 Å². The highest BCUT2D eigenvalue weighted by Crippen LogP contribution is 2.20. The predicted octanol–water partition coefficient (Wildman–Crippen LogP) is 3.84. The number of nitrogens with one attached hydrogen (secondary N) is 1. The molecule has 5 nitrogen and oxygen atoms in total. The van der Waals surface area contributed by atoms with Crippen molar-refractivity contribution in [1.29, 1.82) is 0 Å². The average Bonchev–Trinajstić information content (AvgIpc) is 2.30. The van der Waals surface area contributed by atoms with Gasteiger partial charge in [-0.05, 0) is 38.3 Å². The van der Waals surface area contributed by atoms with Crippen LogP contribution < -0.4 is 10.1 Å². The molecule has 1 heterocycles. The molecule has 2 rings (SSSR count). The Morgan fingerprint density at radius 3 is 2.35 bits per heavy atom. The van der Waals surface area contributed by atoms with Gasteiger partial charge in [0.15, 0.2) is 0 Å². The maximum Gasteiger partial charge on any atom is 0.322 e. The summed E-state index contributed by atoms with van der Waals surface area (Å²) in [6.45, 7) is 3.86. The van der Waals surface area contributed by atoms with Crippen molar-refractivity contribution in [2.75, 3.05) is 5.32 Å². The standard InChI is InChI=1S/C14H23ClN4O/c1-10(2)20-14-18-12(15)17-13(19-14)16-11-8-6-4-3-5-7-9-11/h10-11H,3-9H2,1-2H3,(H,16,17,18,19). The molecular weight excluding hydrogens is 276 g/mol. The van der Waals surface area contributed by atoms with Crippen LogP contribution in [-0.4, -0.2) is 27.1 Å². The van der Waals surface area contributed by atoms with Crippen LogP contribution in [0.1, 0.15) is 58.8 Å². The van der Waals surface area contributed by atoms with E-state index in [9.17, 15) is 0 Å². The lowest BCUT2D eigenvalue weighted by Gasteiger charge is -2.21. The Kier molecular flexibility index (Phi) is 5.83. The molecule has 0 amide bonds. The largest absolute Gasteiger partial charge is 0.461 e. The van der Waals surface area contributed by atoms with Crippen molar-refractivity contribution in [3.05, 3.63) is 5.28 Å². The summed E-state index contributed by atoms with van der Waals surface area (Å²) in [7, 11) is 0. The summed E-state index contributed by atoms with van der Waals surface area (Å²) in [6, 6.07) is 0.703. The van der Waals surface area contributed by atoms with Gasteiger partial charge in [0, 0.05) is 6.04 Å². The van der Waals surface area contributed by atoms with Crippen molar-refractivity contribution in [2.24, 2.45) is 0 Å². The number of nitrogens with zero attached hydrogens (tertiary/aromatic N) is 3. The van der Waals surface area contributed by atoms with E-state index in [0.29, 0.717) is 12.0 Å². The molecular formula is C14H23ClN4O. The normalized spacial score (nSPS) is 17.6. The van der Waals surface area contributed by atoms with Crippen LogP contribution in [-0.2, 0) is 0 Å². The molecule has 1 N–H and O–H groups in total. The Labute approximate surface area is 125 Å². The molecule has 1 aliphatic carbocycles. The second kappa shape index (κ2) is 7.62. The molecule has 0 radical (unpaired) electrons. The molecule has 1 fully saturated rings. The van der Waals surface area contributed by atoms with Crippen LogP contribution in [0.25, 0.3) is 0 Å². The summed E-state index contributed by atoms with van der Waals surface area (Å²) in [4.78, 5) is 12.4. The Hall–Kier alpha value is -1.10. The summed E-state index contributed by atoms with van der Waals surface area (Å²) in [5.74, 6) is 0.520. The van der Waals surface area contributed by atoms with Crippen molar-refractivity contribution >= 4 is 17.5 Å². The monoisotopic (exact) mass is 298 g/mol. The highest BCUT2D eigenvalue weighted by atomic mass is 35.5. The van der Waals surface area contributed by atoms with Crippen LogP contribution in [0.3, 0.4) is 0 Å². The van der Waals surface area contributed by atoms with E-state index in [1.807, 2.05) is 13.8 Å². The van der Waals surface area contributed by atoms with Gasteiger partial charge in [0.25, 0.3) is 0 Å². The highest BCUT2D eigenvalue weighted by molar-refractivity contribution is 6.28. The average molecular weight is 299 g/mol. The molecule has 1 saturated carbocycles. The fourth-order valence-corrected chi connectivity index (χ4v) is 2.60. The SMILES string of the molecule is CC(C)Oc1nc(Cl)nc(NC2CCCCCCC2)n1. The molecule has 1 aromatic rings. The summed E-state index contributed by atoms with van der Waals surface area (Å²) in [6.07, 6.45) is 8.83. The van der Waals surface area contributed by atoms with E-state index in [4.69, 9.17) is 16.3 Å². The van der Waals surface area contributed by atoms with Gasteiger partial charge >= 0.3 is 6.01 Å². The van der Waals surface area contributed by atoms with Crippen LogP contribution in [0, 0.1) is 0 Å². The van der Waals surface area contributed by atoms with Crippen molar-refractivity contribution in [2.45, 2.75) is 70.9 Å². The molecule has 112 valence electrons. The zero-order valence-electron chi connectivity index (χ0n) is 12.2. The van der Waals surface area contributed by atoms with Crippen LogP contribution >= 0.6 is 11.6 Å². The van der Waals surface area contributed by atoms with E-state index >= 15 is 0 Å². The second-order valence-electron chi connectivity index (χ2n) is 5.56. The smallest absolute Gasteiger partial charge is 0.322 e. The number of halogens is 1. The molecule has 0 saturated heterocycles. The number of rotatable bonds is 4. The first-order chi connectivity index (χ1) is 9.63. The van der Waals surface area contributed by atoms with E-state index < -0.39 is 0 Å². The molecule has 0 bridgehead atoms. The number of hydrogen-bond acceptors (Lipinski definition) is 5. The van der Waals surface area contributed by atoms with E-state index in [1.165, 1.54) is 32.1 Å². The Morgan fingerprint density at radius 2 is 1.70 bits per heavy atom. The highest BCUT2D eigenvalue weighted by Gasteiger charge is 2.14. The first kappa shape index (κ1) is 15.3. The molecule has 0 unspecified atom stereocenters. The predicted molar refractivity (Wildman–Crippen MR) is 80.3 cm³/mol. The maximum atomic E-state index is 5.93. The topological polar surface area (TPSA) is 59.9 Å². The lowest BCUT2D eigenvalue weighted by atomic mass is 9.97. The van der Waals surface area contributed by atoms with E-state index in [0.717, 1.165) is 12.8 Å². The molecule has 0 atom stereocenters. The zero-order valence-corrected chi connectivity index (χ0v) is 13.0. The van der Waals surface area contributed by atoms with E-state index in [-0.39, 0.29) is 17.4 Å². The number of ether oxygens (including phenoxy) is 1. The number of anilines is 1. The second-order valence-corrected chi connectivity index (χ2v) is 5.90. The van der Waals surface area contributed by atoms with Gasteiger partial charge in [-0.15, -0.1) is 0 Å². The molecule has 0 spiro atoms. The zero-order chi connectivity index (χ0) is 14.4. The lowest BCUT2D eigenvalue weighted by Crippen LogP contribution is -2.22. The van der Waals surface area contributed by atoms with E-state index in [2.05, 4.69) is 20.3 Å². The summed E-state index contributed by atoms with van der Waals surface area (Å²) < 4.78 is 5.48. The van der Waals surface area contributed by atoms with Crippen LogP contribution in [0.4, 0.5) is 5.95 Å². The fourth-order valence-electron chi connectivity index (χ4n) is 2.44. The molecule has 6 heteroatoms. The molecule has 1 aromatic heterocycles. The number of aromatic nitrogens is 3. The third kappa shape index (κ3) is 5.12. The van der Waals surface area contributed by atoms with Gasteiger partial charge in [-0.3, -0.25) is 0 Å². The minimum Gasteiger partial charge on any atom is -0.461 e. The van der Waals surface area contributed by atoms with E-state index in [1.54, 1.807) is 0 Å². The minimum atomic E-state index is 0.0164. The first-order valence-electron chi connectivity index (χ1n) is 7.48. The Balaban J connectivity index is 2.01. The summed E-state index contributed by atoms with van der Waals surface area (Å²) >= 11 is 5.93. The van der Waals surface area contributed by atoms with Crippen LogP contribution in [0.15, 0.2) is 0 Å².